The summed E-state index contributed by atoms with van der Waals surface area (Å²) in [5.74, 6) is 0.0807. The van der Waals surface area contributed by atoms with Gasteiger partial charge in [-0.3, -0.25) is 4.79 Å². The molecule has 18 heavy (non-hydrogen) atoms. The summed E-state index contributed by atoms with van der Waals surface area (Å²) in [7, 11) is 0. The van der Waals surface area contributed by atoms with Gasteiger partial charge in [0.1, 0.15) is 5.92 Å². The maximum Gasteiger partial charge on any atom is 0.318 e. The Bertz CT molecular complexity index is 399. The first-order valence-corrected chi connectivity index (χ1v) is 6.47. The number of esters is 1. The Morgan fingerprint density at radius 3 is 2.83 bits per heavy atom. The highest BCUT2D eigenvalue weighted by Crippen LogP contribution is 2.20. The average molecular weight is 253 g/mol. The van der Waals surface area contributed by atoms with E-state index in [2.05, 4.69) is 15.0 Å². The van der Waals surface area contributed by atoms with Gasteiger partial charge in [0, 0.05) is 13.1 Å². The van der Waals surface area contributed by atoms with E-state index in [1.54, 1.807) is 13.8 Å². The molecule has 0 aromatic carbocycles. The molecule has 1 fully saturated rings. The summed E-state index contributed by atoms with van der Waals surface area (Å²) in [6.45, 7) is 5.75. The molecule has 1 aliphatic rings. The summed E-state index contributed by atoms with van der Waals surface area (Å²) >= 11 is 0. The second-order valence-electron chi connectivity index (χ2n) is 4.45. The fourth-order valence-corrected chi connectivity index (χ4v) is 1.99. The van der Waals surface area contributed by atoms with Crippen LogP contribution in [-0.2, 0) is 9.53 Å². The Hall–Kier alpha value is -1.59. The first-order valence-electron chi connectivity index (χ1n) is 6.47. The van der Waals surface area contributed by atoms with E-state index in [0.717, 1.165) is 25.9 Å². The smallest absolute Gasteiger partial charge is 0.318 e. The van der Waals surface area contributed by atoms with E-state index in [9.17, 15) is 4.79 Å². The molecule has 0 spiro atoms. The van der Waals surface area contributed by atoms with Gasteiger partial charge < -0.3 is 14.2 Å². The van der Waals surface area contributed by atoms with Crippen molar-refractivity contribution >= 4 is 11.9 Å². The van der Waals surface area contributed by atoms with Crippen LogP contribution >= 0.6 is 0 Å². The number of nitrogens with zero attached hydrogens (tertiary/aromatic N) is 3. The van der Waals surface area contributed by atoms with Gasteiger partial charge in [0.05, 0.1) is 6.61 Å². The first kappa shape index (κ1) is 12.9. The van der Waals surface area contributed by atoms with Gasteiger partial charge >= 0.3 is 5.97 Å². The van der Waals surface area contributed by atoms with Crippen molar-refractivity contribution in [2.75, 3.05) is 24.6 Å². The molecule has 0 saturated carbocycles. The van der Waals surface area contributed by atoms with Crippen molar-refractivity contribution in [1.29, 1.82) is 0 Å². The van der Waals surface area contributed by atoms with Crippen molar-refractivity contribution < 1.29 is 14.1 Å². The van der Waals surface area contributed by atoms with Crippen LogP contribution in [0.4, 0.5) is 5.95 Å². The van der Waals surface area contributed by atoms with Gasteiger partial charge in [-0.05, 0) is 38.3 Å². The summed E-state index contributed by atoms with van der Waals surface area (Å²) in [6.07, 6.45) is 3.55. The fraction of sp³-hybridized carbons (Fsp3) is 0.750. The zero-order valence-electron chi connectivity index (χ0n) is 10.9. The molecular weight excluding hydrogens is 234 g/mol. The SMILES string of the molecule is CCOC(=O)C(C)c1nc(N2CCCCC2)no1. The van der Waals surface area contributed by atoms with E-state index >= 15 is 0 Å². The molecule has 1 atom stereocenters. The number of ether oxygens (including phenoxy) is 1. The average Bonchev–Trinajstić information content (AvgIpc) is 2.89. The van der Waals surface area contributed by atoms with Crippen LogP contribution in [0, 0.1) is 0 Å². The summed E-state index contributed by atoms with van der Waals surface area (Å²) in [5, 5.41) is 3.94. The predicted molar refractivity (Wildman–Crippen MR) is 65.4 cm³/mol. The van der Waals surface area contributed by atoms with Crippen LogP contribution in [-0.4, -0.2) is 35.8 Å². The third-order valence-electron chi connectivity index (χ3n) is 3.08. The summed E-state index contributed by atoms with van der Waals surface area (Å²) in [5.41, 5.74) is 0. The Morgan fingerprint density at radius 1 is 1.44 bits per heavy atom. The molecule has 1 aromatic heterocycles. The summed E-state index contributed by atoms with van der Waals surface area (Å²) < 4.78 is 10.1. The first-order chi connectivity index (χ1) is 8.72. The van der Waals surface area contributed by atoms with E-state index in [0.29, 0.717) is 18.4 Å². The highest BCUT2D eigenvalue weighted by atomic mass is 16.5. The molecule has 2 rings (SSSR count). The van der Waals surface area contributed by atoms with Crippen LogP contribution in [0.15, 0.2) is 4.52 Å². The van der Waals surface area contributed by atoms with Gasteiger partial charge in [-0.2, -0.15) is 4.98 Å². The molecule has 0 amide bonds. The van der Waals surface area contributed by atoms with Crippen LogP contribution in [0.2, 0.25) is 0 Å². The molecule has 0 radical (unpaired) electrons. The van der Waals surface area contributed by atoms with Crippen LogP contribution in [0.1, 0.15) is 44.9 Å². The van der Waals surface area contributed by atoms with Crippen molar-refractivity contribution in [1.82, 2.24) is 10.1 Å². The van der Waals surface area contributed by atoms with E-state index in [4.69, 9.17) is 9.26 Å². The number of aromatic nitrogens is 2. The van der Waals surface area contributed by atoms with E-state index in [-0.39, 0.29) is 5.97 Å². The molecule has 0 N–H and O–H groups in total. The van der Waals surface area contributed by atoms with Crippen molar-refractivity contribution in [2.45, 2.75) is 39.0 Å². The number of rotatable bonds is 4. The third kappa shape index (κ3) is 2.80. The van der Waals surface area contributed by atoms with Gasteiger partial charge in [0.15, 0.2) is 0 Å². The fourth-order valence-electron chi connectivity index (χ4n) is 1.99. The lowest BCUT2D eigenvalue weighted by Crippen LogP contribution is -2.30. The molecule has 6 heteroatoms. The molecule has 1 saturated heterocycles. The van der Waals surface area contributed by atoms with Gasteiger partial charge in [0.25, 0.3) is 5.95 Å². The second kappa shape index (κ2) is 5.84. The van der Waals surface area contributed by atoms with Crippen LogP contribution < -0.4 is 4.90 Å². The largest absolute Gasteiger partial charge is 0.465 e. The Morgan fingerprint density at radius 2 is 2.17 bits per heavy atom. The van der Waals surface area contributed by atoms with E-state index in [1.165, 1.54) is 6.42 Å². The van der Waals surface area contributed by atoms with Gasteiger partial charge in [0.2, 0.25) is 5.89 Å². The number of carbonyl (C=O) groups is 1. The zero-order chi connectivity index (χ0) is 13.0. The third-order valence-corrected chi connectivity index (χ3v) is 3.08. The number of carbonyl (C=O) groups excluding carboxylic acids is 1. The normalized spacial score (nSPS) is 17.6. The Balaban J connectivity index is 2.02. The molecule has 0 aliphatic carbocycles. The highest BCUT2D eigenvalue weighted by Gasteiger charge is 2.25. The zero-order valence-corrected chi connectivity index (χ0v) is 10.9. The molecule has 1 aromatic rings. The lowest BCUT2D eigenvalue weighted by Gasteiger charge is -2.24. The number of hydrogen-bond donors (Lipinski definition) is 0. The van der Waals surface area contributed by atoms with Crippen molar-refractivity contribution in [2.24, 2.45) is 0 Å². The minimum absolute atomic E-state index is 0.327. The molecule has 1 unspecified atom stereocenters. The molecular formula is C12H19N3O3. The lowest BCUT2D eigenvalue weighted by molar-refractivity contribution is -0.145. The molecule has 6 nitrogen and oxygen atoms in total. The van der Waals surface area contributed by atoms with Crippen LogP contribution in [0.5, 0.6) is 0 Å². The van der Waals surface area contributed by atoms with Gasteiger partial charge in [-0.25, -0.2) is 0 Å². The van der Waals surface area contributed by atoms with Gasteiger partial charge in [-0.15, -0.1) is 0 Å². The van der Waals surface area contributed by atoms with Gasteiger partial charge in [-0.1, -0.05) is 0 Å². The minimum atomic E-state index is -0.504. The Kier molecular flexibility index (Phi) is 4.17. The van der Waals surface area contributed by atoms with Crippen molar-refractivity contribution in [3.63, 3.8) is 0 Å². The van der Waals surface area contributed by atoms with Crippen molar-refractivity contribution in [3.8, 4) is 0 Å². The van der Waals surface area contributed by atoms with E-state index in [1.807, 2.05) is 0 Å². The minimum Gasteiger partial charge on any atom is -0.465 e. The molecule has 100 valence electrons. The van der Waals surface area contributed by atoms with Crippen LogP contribution in [0.25, 0.3) is 0 Å². The number of hydrogen-bond acceptors (Lipinski definition) is 6. The van der Waals surface area contributed by atoms with Crippen molar-refractivity contribution in [3.05, 3.63) is 5.89 Å². The number of piperidine rings is 1. The Labute approximate surface area is 106 Å². The molecule has 2 heterocycles. The summed E-state index contributed by atoms with van der Waals surface area (Å²) in [4.78, 5) is 17.9. The van der Waals surface area contributed by atoms with E-state index < -0.39 is 5.92 Å². The number of anilines is 1. The maximum atomic E-state index is 11.6. The quantitative estimate of drug-likeness (QED) is 0.761. The lowest BCUT2D eigenvalue weighted by atomic mass is 10.1. The summed E-state index contributed by atoms with van der Waals surface area (Å²) in [6, 6.07) is 0. The standard InChI is InChI=1S/C12H19N3O3/c1-3-17-11(16)9(2)10-13-12(14-18-10)15-7-5-4-6-8-15/h9H,3-8H2,1-2H3. The predicted octanol–water partition coefficient (Wildman–Crippen LogP) is 1.73. The monoisotopic (exact) mass is 253 g/mol. The van der Waals surface area contributed by atoms with Crippen LogP contribution in [0.3, 0.4) is 0 Å². The molecule has 0 bridgehead atoms. The topological polar surface area (TPSA) is 68.5 Å². The second-order valence-corrected chi connectivity index (χ2v) is 4.45. The molecule has 1 aliphatic heterocycles. The maximum absolute atomic E-state index is 11.6. The highest BCUT2D eigenvalue weighted by molar-refractivity contribution is 5.76.